The van der Waals surface area contributed by atoms with Crippen LogP contribution in [0.4, 0.5) is 0 Å². The number of ether oxygens (including phenoxy) is 2. The highest BCUT2D eigenvalue weighted by atomic mass is 32.2. The molecule has 1 saturated heterocycles. The lowest BCUT2D eigenvalue weighted by Gasteiger charge is -2.14. The molecule has 27 heavy (non-hydrogen) atoms. The molecule has 146 valence electrons. The average Bonchev–Trinajstić information content (AvgIpc) is 2.84. The van der Waals surface area contributed by atoms with Crippen LogP contribution >= 0.6 is 11.8 Å². The van der Waals surface area contributed by atoms with E-state index in [1.54, 1.807) is 0 Å². The molecule has 9 heteroatoms. The monoisotopic (exact) mass is 393 g/mol. The van der Waals surface area contributed by atoms with Crippen LogP contribution in [0, 0.1) is 0 Å². The lowest BCUT2D eigenvalue weighted by atomic mass is 10.2. The van der Waals surface area contributed by atoms with Crippen LogP contribution in [0.2, 0.25) is 0 Å². The standard InChI is InChI=1S/C18H23N3O5S/c1-10(2)25-13-5-12(6-14(7-13)26-11(3)4)9-19-21-18-20-17(24)15(27-18)8-16(22)23/h5-7,9-11,15H,8H2,1-4H3,(H,22,23)(H,20,21,24). The van der Waals surface area contributed by atoms with Gasteiger partial charge in [-0.2, -0.15) is 5.10 Å². The highest BCUT2D eigenvalue weighted by Crippen LogP contribution is 2.25. The van der Waals surface area contributed by atoms with Crippen molar-refractivity contribution in [1.29, 1.82) is 0 Å². The maximum Gasteiger partial charge on any atom is 0.305 e. The number of amidine groups is 1. The molecule has 0 bridgehead atoms. The Bertz CT molecular complexity index is 733. The number of nitrogens with zero attached hydrogens (tertiary/aromatic N) is 2. The first kappa shape index (κ1) is 20.8. The van der Waals surface area contributed by atoms with Gasteiger partial charge in [0.25, 0.3) is 0 Å². The van der Waals surface area contributed by atoms with Gasteiger partial charge in [0.1, 0.15) is 16.7 Å². The normalized spacial score (nSPS) is 18.5. The third-order valence-electron chi connectivity index (χ3n) is 3.14. The zero-order valence-electron chi connectivity index (χ0n) is 15.6. The molecule has 0 spiro atoms. The van der Waals surface area contributed by atoms with Crippen molar-refractivity contribution in [2.45, 2.75) is 51.6 Å². The van der Waals surface area contributed by atoms with Gasteiger partial charge < -0.3 is 19.9 Å². The van der Waals surface area contributed by atoms with E-state index in [0.29, 0.717) is 11.5 Å². The Morgan fingerprint density at radius 3 is 2.33 bits per heavy atom. The van der Waals surface area contributed by atoms with Crippen LogP contribution in [0.3, 0.4) is 0 Å². The second-order valence-electron chi connectivity index (χ2n) is 6.41. The second-order valence-corrected chi connectivity index (χ2v) is 7.61. The second kappa shape index (κ2) is 9.40. The molecule has 0 aromatic heterocycles. The molecule has 1 aliphatic rings. The predicted octanol–water partition coefficient (Wildman–Crippen LogP) is 2.66. The van der Waals surface area contributed by atoms with Crippen molar-refractivity contribution >= 4 is 35.0 Å². The fourth-order valence-corrected chi connectivity index (χ4v) is 3.16. The summed E-state index contributed by atoms with van der Waals surface area (Å²) in [7, 11) is 0. The van der Waals surface area contributed by atoms with Gasteiger partial charge in [0, 0.05) is 11.6 Å². The minimum absolute atomic E-state index is 0.0144. The smallest absolute Gasteiger partial charge is 0.305 e. The number of nitrogens with one attached hydrogen (secondary N) is 1. The number of aliphatic carboxylic acids is 1. The third kappa shape index (κ3) is 6.93. The molecule has 2 N–H and O–H groups in total. The molecule has 1 heterocycles. The van der Waals surface area contributed by atoms with Crippen molar-refractivity contribution in [3.63, 3.8) is 0 Å². The summed E-state index contributed by atoms with van der Waals surface area (Å²) in [6.07, 6.45) is 1.29. The number of carboxylic acid groups (broad SMARTS) is 1. The van der Waals surface area contributed by atoms with Crippen LogP contribution in [-0.2, 0) is 9.59 Å². The van der Waals surface area contributed by atoms with E-state index in [4.69, 9.17) is 14.6 Å². The Morgan fingerprint density at radius 1 is 1.22 bits per heavy atom. The predicted molar refractivity (Wildman–Crippen MR) is 105 cm³/mol. The van der Waals surface area contributed by atoms with Crippen molar-refractivity contribution in [3.05, 3.63) is 23.8 Å². The Kier molecular flexibility index (Phi) is 7.23. The van der Waals surface area contributed by atoms with E-state index >= 15 is 0 Å². The number of thioether (sulfide) groups is 1. The topological polar surface area (TPSA) is 110 Å². The highest BCUT2D eigenvalue weighted by molar-refractivity contribution is 8.15. The van der Waals surface area contributed by atoms with Crippen LogP contribution in [0.15, 0.2) is 28.4 Å². The summed E-state index contributed by atoms with van der Waals surface area (Å²) in [6, 6.07) is 5.43. The maximum absolute atomic E-state index is 11.7. The molecule has 8 nitrogen and oxygen atoms in total. The molecule has 1 fully saturated rings. The van der Waals surface area contributed by atoms with Gasteiger partial charge in [0.05, 0.1) is 24.8 Å². The van der Waals surface area contributed by atoms with Gasteiger partial charge in [-0.25, -0.2) is 0 Å². The van der Waals surface area contributed by atoms with Crippen LogP contribution in [0.5, 0.6) is 11.5 Å². The van der Waals surface area contributed by atoms with Crippen molar-refractivity contribution in [2.24, 2.45) is 10.2 Å². The molecule has 0 aliphatic carbocycles. The Labute approximate surface area is 162 Å². The van der Waals surface area contributed by atoms with Gasteiger partial charge in [-0.1, -0.05) is 11.8 Å². The van der Waals surface area contributed by atoms with E-state index in [1.165, 1.54) is 6.21 Å². The SMILES string of the molecule is CC(C)Oc1cc(C=NN=C2NC(=O)C(CC(=O)O)S2)cc(OC(C)C)c1. The van der Waals surface area contributed by atoms with E-state index in [1.807, 2.05) is 45.9 Å². The molecule has 0 radical (unpaired) electrons. The van der Waals surface area contributed by atoms with Gasteiger partial charge in [0.2, 0.25) is 5.91 Å². The zero-order chi connectivity index (χ0) is 20.0. The Morgan fingerprint density at radius 2 is 1.81 bits per heavy atom. The molecule has 0 saturated carbocycles. The number of hydrogen-bond donors (Lipinski definition) is 2. The molecule has 1 aromatic rings. The number of carbonyl (C=O) groups is 2. The van der Waals surface area contributed by atoms with E-state index in [2.05, 4.69) is 15.5 Å². The quantitative estimate of drug-likeness (QED) is 0.519. The van der Waals surface area contributed by atoms with E-state index in [9.17, 15) is 9.59 Å². The first-order valence-electron chi connectivity index (χ1n) is 8.51. The van der Waals surface area contributed by atoms with Gasteiger partial charge >= 0.3 is 5.97 Å². The van der Waals surface area contributed by atoms with Crippen molar-refractivity contribution in [2.75, 3.05) is 0 Å². The first-order chi connectivity index (χ1) is 12.7. The minimum Gasteiger partial charge on any atom is -0.491 e. The van der Waals surface area contributed by atoms with Crippen LogP contribution in [-0.4, -0.2) is 45.8 Å². The molecule has 1 atom stereocenters. The van der Waals surface area contributed by atoms with Gasteiger partial charge in [-0.05, 0) is 39.8 Å². The largest absolute Gasteiger partial charge is 0.491 e. The zero-order valence-corrected chi connectivity index (χ0v) is 16.4. The molecule has 1 aliphatic heterocycles. The van der Waals surface area contributed by atoms with Crippen molar-refractivity contribution in [1.82, 2.24) is 5.32 Å². The van der Waals surface area contributed by atoms with E-state index < -0.39 is 11.2 Å². The minimum atomic E-state index is -1.04. The number of amides is 1. The summed E-state index contributed by atoms with van der Waals surface area (Å²) in [5.41, 5.74) is 0.726. The van der Waals surface area contributed by atoms with E-state index in [0.717, 1.165) is 17.3 Å². The Balaban J connectivity index is 2.13. The molecular formula is C18H23N3O5S. The number of rotatable bonds is 8. The van der Waals surface area contributed by atoms with Crippen LogP contribution in [0.1, 0.15) is 39.7 Å². The lowest BCUT2D eigenvalue weighted by molar-refractivity contribution is -0.138. The summed E-state index contributed by atoms with van der Waals surface area (Å²) in [6.45, 7) is 7.74. The molecule has 1 unspecified atom stereocenters. The van der Waals surface area contributed by atoms with Crippen LogP contribution < -0.4 is 14.8 Å². The summed E-state index contributed by atoms with van der Waals surface area (Å²) in [5, 5.41) is 18.8. The summed E-state index contributed by atoms with van der Waals surface area (Å²) in [4.78, 5) is 22.4. The fraction of sp³-hybridized carbons (Fsp3) is 0.444. The summed E-state index contributed by atoms with van der Waals surface area (Å²) < 4.78 is 11.5. The van der Waals surface area contributed by atoms with Crippen molar-refractivity contribution in [3.8, 4) is 11.5 Å². The fourth-order valence-electron chi connectivity index (χ4n) is 2.24. The van der Waals surface area contributed by atoms with E-state index in [-0.39, 0.29) is 29.7 Å². The number of hydrogen-bond acceptors (Lipinski definition) is 7. The summed E-state index contributed by atoms with van der Waals surface area (Å²) >= 11 is 1.05. The molecule has 1 aromatic carbocycles. The molecule has 2 rings (SSSR count). The van der Waals surface area contributed by atoms with Crippen molar-refractivity contribution < 1.29 is 24.2 Å². The first-order valence-corrected chi connectivity index (χ1v) is 9.39. The third-order valence-corrected chi connectivity index (χ3v) is 4.21. The maximum atomic E-state index is 11.7. The molecule has 1 amide bonds. The van der Waals surface area contributed by atoms with Gasteiger partial charge in [-0.15, -0.1) is 5.10 Å². The average molecular weight is 393 g/mol. The van der Waals surface area contributed by atoms with Crippen LogP contribution in [0.25, 0.3) is 0 Å². The summed E-state index contributed by atoms with van der Waals surface area (Å²) in [5.74, 6) is -0.104. The molecular weight excluding hydrogens is 370 g/mol. The van der Waals surface area contributed by atoms with Gasteiger partial charge in [-0.3, -0.25) is 9.59 Å². The lowest BCUT2D eigenvalue weighted by Crippen LogP contribution is -2.26. The number of carbonyl (C=O) groups excluding carboxylic acids is 1. The number of benzene rings is 1. The highest BCUT2D eigenvalue weighted by Gasteiger charge is 2.32. The Hall–Kier alpha value is -2.55. The number of carboxylic acids is 1. The van der Waals surface area contributed by atoms with Gasteiger partial charge in [0.15, 0.2) is 5.17 Å².